The second-order valence-corrected chi connectivity index (χ2v) is 7.06. The van der Waals surface area contributed by atoms with Crippen molar-refractivity contribution in [3.05, 3.63) is 0 Å². The number of hydrogen-bond acceptors (Lipinski definition) is 8. The Morgan fingerprint density at radius 2 is 1.41 bits per heavy atom. The van der Waals surface area contributed by atoms with Crippen molar-refractivity contribution >= 4 is 48.9 Å². The molecule has 0 aromatic carbocycles. The molecule has 0 bridgehead atoms. The second-order valence-electron chi connectivity index (χ2n) is 6.33. The molecule has 0 aromatic rings. The van der Waals surface area contributed by atoms with Crippen LogP contribution in [0.4, 0.5) is 0 Å². The molecule has 0 aliphatic rings. The first-order chi connectivity index (χ1) is 12.5. The summed E-state index contributed by atoms with van der Waals surface area (Å²) in [4.78, 5) is 47.8. The summed E-state index contributed by atoms with van der Waals surface area (Å²) in [6.45, 7) is 4.51. The van der Waals surface area contributed by atoms with Crippen molar-refractivity contribution in [1.82, 2.24) is 16.0 Å². The number of carboxylic acids is 1. The lowest BCUT2D eigenvalue weighted by molar-refractivity contribution is -0.145. The van der Waals surface area contributed by atoms with Gasteiger partial charge in [0.25, 0.3) is 0 Å². The maximum Gasteiger partial charge on any atom is 0.328 e. The Hall–Kier alpha value is -1.50. The zero-order valence-corrected chi connectivity index (χ0v) is 17.2. The Kier molecular flexibility index (Phi) is 11.4. The monoisotopic (exact) mass is 424 g/mol. The van der Waals surface area contributed by atoms with E-state index in [2.05, 4.69) is 41.2 Å². The van der Waals surface area contributed by atoms with E-state index >= 15 is 0 Å². The predicted octanol–water partition coefficient (Wildman–Crippen LogP) is -2.25. The van der Waals surface area contributed by atoms with Crippen LogP contribution in [0.2, 0.25) is 0 Å². The normalized spacial score (nSPS) is 16.6. The number of nitrogens with two attached hydrogens (primary N) is 1. The lowest BCUT2D eigenvalue weighted by atomic mass is 10.0. The number of carbonyl (C=O) groups excluding carboxylic acids is 3. The maximum atomic E-state index is 12.4. The first-order valence-corrected chi connectivity index (χ1v) is 9.51. The van der Waals surface area contributed by atoms with Gasteiger partial charge in [0.2, 0.25) is 17.7 Å². The molecule has 0 fully saturated rings. The van der Waals surface area contributed by atoms with Crippen molar-refractivity contribution < 1.29 is 29.4 Å². The molecular formula is C15H28N4O6S2. The van der Waals surface area contributed by atoms with Crippen molar-refractivity contribution in [3.8, 4) is 0 Å². The van der Waals surface area contributed by atoms with Gasteiger partial charge >= 0.3 is 5.97 Å². The Balaban J connectivity index is 5.16. The van der Waals surface area contributed by atoms with Gasteiger partial charge in [0.05, 0.1) is 12.1 Å². The summed E-state index contributed by atoms with van der Waals surface area (Å²) in [5, 5.41) is 25.6. The van der Waals surface area contributed by atoms with Gasteiger partial charge in [0, 0.05) is 11.5 Å². The third-order valence-corrected chi connectivity index (χ3v) is 4.40. The molecular weight excluding hydrogens is 396 g/mol. The molecule has 27 heavy (non-hydrogen) atoms. The minimum atomic E-state index is -1.52. The molecule has 10 nitrogen and oxygen atoms in total. The second kappa shape index (κ2) is 12.1. The number of aliphatic hydroxyl groups excluding tert-OH is 1. The Morgan fingerprint density at radius 3 is 1.78 bits per heavy atom. The van der Waals surface area contributed by atoms with Crippen LogP contribution in [0.1, 0.15) is 20.8 Å². The minimum absolute atomic E-state index is 0.0469. The van der Waals surface area contributed by atoms with Crippen molar-refractivity contribution in [2.75, 3.05) is 11.5 Å². The predicted molar refractivity (Wildman–Crippen MR) is 106 cm³/mol. The van der Waals surface area contributed by atoms with E-state index in [1.54, 1.807) is 13.8 Å². The molecule has 0 radical (unpaired) electrons. The lowest BCUT2D eigenvalue weighted by Gasteiger charge is -2.27. The van der Waals surface area contributed by atoms with Gasteiger partial charge in [-0.05, 0) is 12.8 Å². The maximum absolute atomic E-state index is 12.4. The van der Waals surface area contributed by atoms with Gasteiger partial charge in [0.1, 0.15) is 12.1 Å². The van der Waals surface area contributed by atoms with Gasteiger partial charge < -0.3 is 31.9 Å². The third-order valence-electron chi connectivity index (χ3n) is 3.64. The molecule has 0 aliphatic carbocycles. The number of carboxylic acid groups (broad SMARTS) is 1. The van der Waals surface area contributed by atoms with E-state index in [1.807, 2.05) is 0 Å². The van der Waals surface area contributed by atoms with Crippen LogP contribution in [0.3, 0.4) is 0 Å². The van der Waals surface area contributed by atoms with E-state index in [0.29, 0.717) is 0 Å². The Bertz CT molecular complexity index is 546. The molecule has 5 unspecified atom stereocenters. The van der Waals surface area contributed by atoms with Crippen LogP contribution < -0.4 is 21.7 Å². The molecule has 0 aliphatic heterocycles. The Morgan fingerprint density at radius 1 is 0.889 bits per heavy atom. The molecule has 0 saturated heterocycles. The standard InChI is InChI=1S/C15H28N4O6S2/c1-6(2)10(14(23)19-11(7(3)20)15(24)25)18-13(22)9(5-27)17-12(21)8(16)4-26/h6-11,20,26-27H,4-5,16H2,1-3H3,(H,17,21)(H,18,22)(H,19,23)(H,24,25). The number of nitrogens with one attached hydrogen (secondary N) is 3. The fraction of sp³-hybridized carbons (Fsp3) is 0.733. The molecule has 12 heteroatoms. The summed E-state index contributed by atoms with van der Waals surface area (Å²) < 4.78 is 0. The van der Waals surface area contributed by atoms with Crippen LogP contribution in [-0.2, 0) is 19.2 Å². The van der Waals surface area contributed by atoms with Crippen LogP contribution in [0, 0.1) is 5.92 Å². The zero-order chi connectivity index (χ0) is 21.3. The molecule has 0 heterocycles. The van der Waals surface area contributed by atoms with E-state index in [9.17, 15) is 24.3 Å². The van der Waals surface area contributed by atoms with Crippen LogP contribution in [0.25, 0.3) is 0 Å². The van der Waals surface area contributed by atoms with Crippen LogP contribution >= 0.6 is 25.3 Å². The van der Waals surface area contributed by atoms with Gasteiger partial charge in [-0.25, -0.2) is 4.79 Å². The fourth-order valence-electron chi connectivity index (χ4n) is 1.98. The first kappa shape index (κ1) is 25.5. The van der Waals surface area contributed by atoms with E-state index in [1.165, 1.54) is 6.92 Å². The van der Waals surface area contributed by atoms with Gasteiger partial charge in [-0.2, -0.15) is 25.3 Å². The van der Waals surface area contributed by atoms with Gasteiger partial charge in [-0.3, -0.25) is 14.4 Å². The number of thiol groups is 2. The smallest absolute Gasteiger partial charge is 0.328 e. The zero-order valence-electron chi connectivity index (χ0n) is 15.4. The number of amides is 3. The highest BCUT2D eigenvalue weighted by Crippen LogP contribution is 2.05. The van der Waals surface area contributed by atoms with E-state index in [4.69, 9.17) is 10.8 Å². The highest BCUT2D eigenvalue weighted by molar-refractivity contribution is 7.80. The number of aliphatic hydroxyl groups is 1. The summed E-state index contributed by atoms with van der Waals surface area (Å²) in [6.07, 6.45) is -1.33. The quantitative estimate of drug-likeness (QED) is 0.173. The van der Waals surface area contributed by atoms with Crippen LogP contribution in [0.5, 0.6) is 0 Å². The fourth-order valence-corrected chi connectivity index (χ4v) is 2.40. The minimum Gasteiger partial charge on any atom is -0.480 e. The molecule has 0 saturated carbocycles. The Labute approximate surface area is 168 Å². The van der Waals surface area contributed by atoms with Crippen molar-refractivity contribution in [2.45, 2.75) is 51.0 Å². The molecule has 3 amide bonds. The third kappa shape index (κ3) is 8.37. The largest absolute Gasteiger partial charge is 0.480 e. The van der Waals surface area contributed by atoms with Gasteiger partial charge in [-0.15, -0.1) is 0 Å². The SMILES string of the molecule is CC(C)C(NC(=O)C(CS)NC(=O)C(N)CS)C(=O)NC(C(=O)O)C(C)O. The van der Waals surface area contributed by atoms with E-state index in [0.717, 1.165) is 0 Å². The van der Waals surface area contributed by atoms with Gasteiger partial charge in [0.15, 0.2) is 6.04 Å². The van der Waals surface area contributed by atoms with E-state index < -0.39 is 59.9 Å². The summed E-state index contributed by atoms with van der Waals surface area (Å²) in [5.41, 5.74) is 5.54. The molecule has 156 valence electrons. The lowest BCUT2D eigenvalue weighted by Crippen LogP contribution is -2.60. The average Bonchev–Trinajstić information content (AvgIpc) is 2.59. The number of aliphatic carboxylic acids is 1. The number of hydrogen-bond donors (Lipinski definition) is 8. The summed E-state index contributed by atoms with van der Waals surface area (Å²) in [7, 11) is 0. The molecule has 0 aromatic heterocycles. The summed E-state index contributed by atoms with van der Waals surface area (Å²) in [5.74, 6) is -3.81. The first-order valence-electron chi connectivity index (χ1n) is 8.25. The summed E-state index contributed by atoms with van der Waals surface area (Å²) >= 11 is 7.92. The van der Waals surface area contributed by atoms with Crippen molar-refractivity contribution in [2.24, 2.45) is 11.7 Å². The average molecular weight is 425 g/mol. The van der Waals surface area contributed by atoms with Crippen LogP contribution in [0.15, 0.2) is 0 Å². The molecule has 5 atom stereocenters. The molecule has 0 spiro atoms. The highest BCUT2D eigenvalue weighted by Gasteiger charge is 2.32. The van der Waals surface area contributed by atoms with Crippen LogP contribution in [-0.4, -0.2) is 75.7 Å². The topological polar surface area (TPSA) is 171 Å². The molecule has 7 N–H and O–H groups in total. The number of carbonyl (C=O) groups is 4. The number of rotatable bonds is 11. The summed E-state index contributed by atoms with van der Waals surface area (Å²) in [6, 6.07) is -4.57. The van der Waals surface area contributed by atoms with Gasteiger partial charge in [-0.1, -0.05) is 13.8 Å². The van der Waals surface area contributed by atoms with Crippen molar-refractivity contribution in [1.29, 1.82) is 0 Å². The highest BCUT2D eigenvalue weighted by atomic mass is 32.1. The molecule has 0 rings (SSSR count). The van der Waals surface area contributed by atoms with E-state index in [-0.39, 0.29) is 11.5 Å². The van der Waals surface area contributed by atoms with Crippen molar-refractivity contribution in [3.63, 3.8) is 0 Å².